The minimum absolute atomic E-state index is 0.244. The molecule has 1 aliphatic rings. The molecule has 7 nitrogen and oxygen atoms in total. The van der Waals surface area contributed by atoms with Crippen LogP contribution in [-0.4, -0.2) is 28.0 Å². The highest BCUT2D eigenvalue weighted by Crippen LogP contribution is 2.36. The number of hydrogen-bond acceptors (Lipinski definition) is 5. The van der Waals surface area contributed by atoms with Gasteiger partial charge < -0.3 is 14.6 Å². The van der Waals surface area contributed by atoms with Gasteiger partial charge in [-0.1, -0.05) is 5.16 Å². The van der Waals surface area contributed by atoms with Gasteiger partial charge >= 0.3 is 0 Å². The molecule has 0 radical (unpaired) electrons. The van der Waals surface area contributed by atoms with Crippen LogP contribution in [0.4, 0.5) is 5.69 Å². The largest absolute Gasteiger partial charge is 0.495 e. The number of ether oxygens (including phenoxy) is 1. The molecule has 4 rings (SSSR count). The number of hydrogen-bond donors (Lipinski definition) is 1. The van der Waals surface area contributed by atoms with Gasteiger partial charge in [-0.25, -0.2) is 0 Å². The van der Waals surface area contributed by atoms with Crippen molar-refractivity contribution in [2.75, 3.05) is 12.4 Å². The topological polar surface area (TPSA) is 82.2 Å². The lowest BCUT2D eigenvalue weighted by atomic mass is 10.1. The second-order valence-corrected chi connectivity index (χ2v) is 6.45. The molecule has 0 saturated carbocycles. The molecule has 0 aliphatic heterocycles. The van der Waals surface area contributed by atoms with Gasteiger partial charge in [0.1, 0.15) is 11.4 Å². The highest BCUT2D eigenvalue weighted by molar-refractivity contribution is 6.04. The van der Waals surface area contributed by atoms with E-state index in [0.717, 1.165) is 47.5 Å². The highest BCUT2D eigenvalue weighted by atomic mass is 16.5. The molecule has 7 heteroatoms. The molecular formula is C19H20N4O3. The summed E-state index contributed by atoms with van der Waals surface area (Å²) in [5.41, 5.74) is 4.92. The Morgan fingerprint density at radius 1 is 1.31 bits per heavy atom. The number of carbonyl (C=O) groups is 1. The number of amides is 1. The van der Waals surface area contributed by atoms with Crippen LogP contribution in [0.3, 0.4) is 0 Å². The van der Waals surface area contributed by atoms with Crippen molar-refractivity contribution in [1.29, 1.82) is 0 Å². The summed E-state index contributed by atoms with van der Waals surface area (Å²) in [6, 6.07) is 7.35. The van der Waals surface area contributed by atoms with Crippen LogP contribution < -0.4 is 10.1 Å². The molecule has 0 spiro atoms. The summed E-state index contributed by atoms with van der Waals surface area (Å²) < 4.78 is 12.5. The van der Waals surface area contributed by atoms with Gasteiger partial charge in [0.15, 0.2) is 5.76 Å². The van der Waals surface area contributed by atoms with Crippen molar-refractivity contribution in [2.45, 2.75) is 26.2 Å². The molecule has 26 heavy (non-hydrogen) atoms. The molecule has 0 saturated heterocycles. The smallest absolute Gasteiger partial charge is 0.274 e. The summed E-state index contributed by atoms with van der Waals surface area (Å²) >= 11 is 0. The normalized spacial score (nSPS) is 12.9. The number of carbonyl (C=O) groups excluding carboxylic acids is 1. The first kappa shape index (κ1) is 16.4. The number of anilines is 1. The monoisotopic (exact) mass is 352 g/mol. The number of fused-ring (bicyclic) bond motifs is 1. The van der Waals surface area contributed by atoms with E-state index in [4.69, 9.17) is 9.26 Å². The summed E-state index contributed by atoms with van der Waals surface area (Å²) in [6.45, 7) is 1.85. The fourth-order valence-electron chi connectivity index (χ4n) is 3.41. The van der Waals surface area contributed by atoms with Crippen molar-refractivity contribution in [3.05, 3.63) is 46.9 Å². The quantitative estimate of drug-likeness (QED) is 0.780. The highest BCUT2D eigenvalue weighted by Gasteiger charge is 2.23. The van der Waals surface area contributed by atoms with Gasteiger partial charge in [-0.15, -0.1) is 0 Å². The first-order valence-corrected chi connectivity index (χ1v) is 8.54. The Balaban J connectivity index is 1.68. The van der Waals surface area contributed by atoms with Crippen LogP contribution in [0.25, 0.3) is 11.3 Å². The molecule has 1 aliphatic carbocycles. The zero-order chi connectivity index (χ0) is 18.3. The van der Waals surface area contributed by atoms with Gasteiger partial charge in [0, 0.05) is 18.2 Å². The standard InChI is InChI=1S/C19H20N4O3/c1-11-9-16(23(2)21-11)19(24)20-15-10-12(7-8-17(15)25-3)18-13-5-4-6-14(13)22-26-18/h7-10H,4-6H2,1-3H3,(H,20,24). The summed E-state index contributed by atoms with van der Waals surface area (Å²) in [6.07, 6.45) is 3.02. The van der Waals surface area contributed by atoms with Crippen LogP contribution in [0.5, 0.6) is 5.75 Å². The van der Waals surface area contributed by atoms with Crippen molar-refractivity contribution >= 4 is 11.6 Å². The lowest BCUT2D eigenvalue weighted by Gasteiger charge is -2.12. The zero-order valence-electron chi connectivity index (χ0n) is 15.0. The van der Waals surface area contributed by atoms with E-state index in [1.165, 1.54) is 0 Å². The summed E-state index contributed by atoms with van der Waals surface area (Å²) in [5.74, 6) is 1.11. The molecular weight excluding hydrogens is 332 g/mol. The van der Waals surface area contributed by atoms with Crippen molar-refractivity contribution in [3.63, 3.8) is 0 Å². The average Bonchev–Trinajstić information content (AvgIpc) is 3.30. The van der Waals surface area contributed by atoms with Gasteiger partial charge in [0.2, 0.25) is 0 Å². The molecule has 1 N–H and O–H groups in total. The fourth-order valence-corrected chi connectivity index (χ4v) is 3.41. The van der Waals surface area contributed by atoms with Crippen LogP contribution in [0.2, 0.25) is 0 Å². The second kappa shape index (κ2) is 6.33. The average molecular weight is 352 g/mol. The van der Waals surface area contributed by atoms with E-state index in [1.807, 2.05) is 25.1 Å². The predicted molar refractivity (Wildman–Crippen MR) is 96.4 cm³/mol. The number of aryl methyl sites for hydroxylation is 3. The van der Waals surface area contributed by atoms with Gasteiger partial charge in [-0.2, -0.15) is 5.10 Å². The van der Waals surface area contributed by atoms with E-state index in [2.05, 4.69) is 15.6 Å². The number of nitrogens with one attached hydrogen (secondary N) is 1. The minimum atomic E-state index is -0.244. The van der Waals surface area contributed by atoms with E-state index in [0.29, 0.717) is 17.1 Å². The predicted octanol–water partition coefficient (Wildman–Crippen LogP) is 3.13. The van der Waals surface area contributed by atoms with Crippen LogP contribution in [-0.2, 0) is 19.9 Å². The third-order valence-corrected chi connectivity index (χ3v) is 4.65. The van der Waals surface area contributed by atoms with Gasteiger partial charge in [0.05, 0.1) is 24.2 Å². The van der Waals surface area contributed by atoms with E-state index < -0.39 is 0 Å². The second-order valence-electron chi connectivity index (χ2n) is 6.45. The van der Waals surface area contributed by atoms with E-state index in [-0.39, 0.29) is 5.91 Å². The summed E-state index contributed by atoms with van der Waals surface area (Å²) in [4.78, 5) is 12.6. The molecule has 1 aromatic carbocycles. The van der Waals surface area contributed by atoms with Gasteiger partial charge in [-0.3, -0.25) is 9.48 Å². The Bertz CT molecular complexity index is 987. The SMILES string of the molecule is COc1ccc(-c2onc3c2CCC3)cc1NC(=O)c1cc(C)nn1C. The van der Waals surface area contributed by atoms with Crippen molar-refractivity contribution in [3.8, 4) is 17.1 Å². The van der Waals surface area contributed by atoms with Crippen molar-refractivity contribution in [2.24, 2.45) is 7.05 Å². The number of nitrogens with zero attached hydrogens (tertiary/aromatic N) is 3. The molecule has 0 fully saturated rings. The maximum atomic E-state index is 12.6. The number of rotatable bonds is 4. The molecule has 2 aromatic heterocycles. The van der Waals surface area contributed by atoms with Gasteiger partial charge in [0.25, 0.3) is 5.91 Å². The van der Waals surface area contributed by atoms with E-state index in [9.17, 15) is 4.79 Å². The fraction of sp³-hybridized carbons (Fsp3) is 0.316. The number of methoxy groups -OCH3 is 1. The van der Waals surface area contributed by atoms with Crippen LogP contribution in [0, 0.1) is 6.92 Å². The number of aromatic nitrogens is 3. The molecule has 0 bridgehead atoms. The molecule has 1 amide bonds. The lowest BCUT2D eigenvalue weighted by Crippen LogP contribution is -2.16. The summed E-state index contributed by atoms with van der Waals surface area (Å²) in [5, 5.41) is 11.3. The molecule has 3 aromatic rings. The zero-order valence-corrected chi connectivity index (χ0v) is 15.0. The van der Waals surface area contributed by atoms with Crippen LogP contribution in [0.15, 0.2) is 28.8 Å². The third-order valence-electron chi connectivity index (χ3n) is 4.65. The van der Waals surface area contributed by atoms with Gasteiger partial charge in [-0.05, 0) is 50.5 Å². The van der Waals surface area contributed by atoms with Crippen molar-refractivity contribution in [1.82, 2.24) is 14.9 Å². The maximum Gasteiger partial charge on any atom is 0.274 e. The molecule has 2 heterocycles. The van der Waals surface area contributed by atoms with Crippen LogP contribution >= 0.6 is 0 Å². The molecule has 0 atom stereocenters. The molecule has 0 unspecified atom stereocenters. The Morgan fingerprint density at radius 2 is 2.15 bits per heavy atom. The van der Waals surface area contributed by atoms with Crippen molar-refractivity contribution < 1.29 is 14.1 Å². The summed E-state index contributed by atoms with van der Waals surface area (Å²) in [7, 11) is 3.32. The Kier molecular flexibility index (Phi) is 3.99. The minimum Gasteiger partial charge on any atom is -0.495 e. The number of benzene rings is 1. The third kappa shape index (κ3) is 2.75. The maximum absolute atomic E-state index is 12.6. The first-order chi connectivity index (χ1) is 12.6. The lowest BCUT2D eigenvalue weighted by molar-refractivity contribution is 0.101. The Labute approximate surface area is 150 Å². The molecule has 134 valence electrons. The van der Waals surface area contributed by atoms with E-state index in [1.54, 1.807) is 24.9 Å². The first-order valence-electron chi connectivity index (χ1n) is 8.54. The van der Waals surface area contributed by atoms with E-state index >= 15 is 0 Å². The Hall–Kier alpha value is -3.09. The Morgan fingerprint density at radius 3 is 2.88 bits per heavy atom. The van der Waals surface area contributed by atoms with Crippen LogP contribution in [0.1, 0.15) is 33.9 Å².